The number of benzene rings is 3. The van der Waals surface area contributed by atoms with Crippen molar-refractivity contribution in [1.29, 1.82) is 0 Å². The summed E-state index contributed by atoms with van der Waals surface area (Å²) in [7, 11) is 5.18. The number of amides is 2. The van der Waals surface area contributed by atoms with Gasteiger partial charge in [0.1, 0.15) is 5.75 Å². The minimum atomic E-state index is -0.390. The van der Waals surface area contributed by atoms with Crippen LogP contribution in [0.4, 0.5) is 17.1 Å². The van der Waals surface area contributed by atoms with Gasteiger partial charge in [-0.05, 0) is 60.2 Å². The molecule has 1 N–H and O–H groups in total. The molecule has 0 fully saturated rings. The molecule has 0 bridgehead atoms. The SMILES string of the molecule is C#Cc1ccc(NC(=O)c2cc(OC)ccc2N(C=O)c2ccc(C=NN(C)C)cc2)cc1. The number of hydrogen-bond donors (Lipinski definition) is 1. The summed E-state index contributed by atoms with van der Waals surface area (Å²) < 4.78 is 5.29. The molecule has 0 saturated heterocycles. The molecule has 0 aliphatic carbocycles. The van der Waals surface area contributed by atoms with Gasteiger partial charge in [-0.1, -0.05) is 18.1 Å². The smallest absolute Gasteiger partial charge is 0.257 e. The largest absolute Gasteiger partial charge is 0.497 e. The predicted octanol–water partition coefficient (Wildman–Crippen LogP) is 4.12. The van der Waals surface area contributed by atoms with Crippen molar-refractivity contribution in [3.63, 3.8) is 0 Å². The van der Waals surface area contributed by atoms with Gasteiger partial charge >= 0.3 is 0 Å². The number of nitrogens with one attached hydrogen (secondary N) is 1. The Kier molecular flexibility index (Phi) is 7.45. The highest BCUT2D eigenvalue weighted by molar-refractivity contribution is 6.10. The molecule has 0 radical (unpaired) electrons. The average Bonchev–Trinajstić information content (AvgIpc) is 2.84. The summed E-state index contributed by atoms with van der Waals surface area (Å²) in [6.07, 6.45) is 7.77. The number of nitrogens with zero attached hydrogens (tertiary/aromatic N) is 3. The molecule has 0 aliphatic heterocycles. The molecule has 33 heavy (non-hydrogen) atoms. The molecule has 0 spiro atoms. The van der Waals surface area contributed by atoms with Gasteiger partial charge < -0.3 is 15.1 Å². The molecule has 3 aromatic rings. The number of methoxy groups -OCH3 is 1. The number of ether oxygens (including phenoxy) is 1. The van der Waals surface area contributed by atoms with E-state index in [0.29, 0.717) is 34.8 Å². The van der Waals surface area contributed by atoms with E-state index in [0.717, 1.165) is 5.56 Å². The maximum Gasteiger partial charge on any atom is 0.257 e. The number of rotatable bonds is 8. The molecule has 3 aromatic carbocycles. The first kappa shape index (κ1) is 23.1. The van der Waals surface area contributed by atoms with Crippen molar-refractivity contribution >= 4 is 35.6 Å². The fourth-order valence-corrected chi connectivity index (χ4v) is 3.04. The molecule has 7 nitrogen and oxygen atoms in total. The van der Waals surface area contributed by atoms with Gasteiger partial charge in [-0.25, -0.2) is 0 Å². The topological polar surface area (TPSA) is 74.2 Å². The highest BCUT2D eigenvalue weighted by Crippen LogP contribution is 2.31. The number of hydrazone groups is 1. The maximum atomic E-state index is 13.1. The first-order chi connectivity index (χ1) is 15.9. The van der Waals surface area contributed by atoms with E-state index < -0.39 is 0 Å². The Morgan fingerprint density at radius 3 is 2.33 bits per heavy atom. The maximum absolute atomic E-state index is 13.1. The van der Waals surface area contributed by atoms with Crippen LogP contribution in [0.25, 0.3) is 0 Å². The number of carbonyl (C=O) groups excluding carboxylic acids is 2. The van der Waals surface area contributed by atoms with E-state index in [1.807, 2.05) is 26.2 Å². The molecule has 0 aromatic heterocycles. The van der Waals surface area contributed by atoms with Crippen molar-refractivity contribution in [3.05, 3.63) is 83.4 Å². The fourth-order valence-electron chi connectivity index (χ4n) is 3.04. The van der Waals surface area contributed by atoms with E-state index in [4.69, 9.17) is 11.2 Å². The van der Waals surface area contributed by atoms with Crippen LogP contribution in [0, 0.1) is 12.3 Å². The Hall–Kier alpha value is -4.57. The van der Waals surface area contributed by atoms with Gasteiger partial charge in [-0.2, -0.15) is 5.10 Å². The molecule has 0 saturated carbocycles. The van der Waals surface area contributed by atoms with Gasteiger partial charge in [-0.15, -0.1) is 6.42 Å². The van der Waals surface area contributed by atoms with E-state index >= 15 is 0 Å². The Morgan fingerprint density at radius 1 is 1.06 bits per heavy atom. The lowest BCUT2D eigenvalue weighted by Crippen LogP contribution is -2.20. The Labute approximate surface area is 193 Å². The Morgan fingerprint density at radius 2 is 1.76 bits per heavy atom. The number of hydrogen-bond acceptors (Lipinski definition) is 5. The van der Waals surface area contributed by atoms with Crippen LogP contribution in [-0.4, -0.2) is 44.7 Å². The Bertz CT molecular complexity index is 1190. The van der Waals surface area contributed by atoms with Crippen LogP contribution in [0.15, 0.2) is 71.8 Å². The van der Waals surface area contributed by atoms with Crippen LogP contribution < -0.4 is 15.0 Å². The van der Waals surface area contributed by atoms with E-state index in [9.17, 15) is 9.59 Å². The summed E-state index contributed by atoms with van der Waals surface area (Å²) in [5, 5.41) is 8.73. The van der Waals surface area contributed by atoms with Crippen LogP contribution in [0.1, 0.15) is 21.5 Å². The third kappa shape index (κ3) is 5.77. The minimum Gasteiger partial charge on any atom is -0.497 e. The number of carbonyl (C=O) groups is 2. The molecular weight excluding hydrogens is 416 g/mol. The third-order valence-electron chi connectivity index (χ3n) is 4.73. The van der Waals surface area contributed by atoms with Gasteiger partial charge in [0, 0.05) is 31.0 Å². The second-order valence-corrected chi connectivity index (χ2v) is 7.22. The normalized spacial score (nSPS) is 10.4. The lowest BCUT2D eigenvalue weighted by atomic mass is 10.1. The van der Waals surface area contributed by atoms with Crippen molar-refractivity contribution in [2.75, 3.05) is 31.4 Å². The zero-order chi connectivity index (χ0) is 23.8. The van der Waals surface area contributed by atoms with E-state index in [1.165, 1.54) is 12.0 Å². The molecule has 2 amide bonds. The quantitative estimate of drug-likeness (QED) is 0.248. The van der Waals surface area contributed by atoms with Gasteiger partial charge in [-0.3, -0.25) is 14.5 Å². The second-order valence-electron chi connectivity index (χ2n) is 7.22. The molecular formula is C26H24N4O3. The van der Waals surface area contributed by atoms with E-state index in [2.05, 4.69) is 16.3 Å². The lowest BCUT2D eigenvalue weighted by Gasteiger charge is -2.21. The molecule has 7 heteroatoms. The first-order valence-electron chi connectivity index (χ1n) is 10.1. The van der Waals surface area contributed by atoms with Crippen molar-refractivity contribution in [1.82, 2.24) is 5.01 Å². The van der Waals surface area contributed by atoms with Crippen molar-refractivity contribution < 1.29 is 14.3 Å². The van der Waals surface area contributed by atoms with Crippen molar-refractivity contribution in [2.45, 2.75) is 0 Å². The molecule has 0 atom stereocenters. The molecule has 0 aliphatic rings. The van der Waals surface area contributed by atoms with Gasteiger partial charge in [0.25, 0.3) is 5.91 Å². The van der Waals surface area contributed by atoms with Crippen LogP contribution >= 0.6 is 0 Å². The lowest BCUT2D eigenvalue weighted by molar-refractivity contribution is -0.106. The summed E-state index contributed by atoms with van der Waals surface area (Å²) in [4.78, 5) is 26.6. The minimum absolute atomic E-state index is 0.278. The summed E-state index contributed by atoms with van der Waals surface area (Å²) in [5.74, 6) is 2.64. The van der Waals surface area contributed by atoms with Gasteiger partial charge in [0.2, 0.25) is 6.41 Å². The van der Waals surface area contributed by atoms with E-state index in [1.54, 1.807) is 65.8 Å². The fraction of sp³-hybridized carbons (Fsp3) is 0.115. The zero-order valence-electron chi connectivity index (χ0n) is 18.6. The predicted molar refractivity (Wildman–Crippen MR) is 131 cm³/mol. The van der Waals surface area contributed by atoms with E-state index in [-0.39, 0.29) is 11.5 Å². The standard InChI is InChI=1S/C26H24N4O3/c1-5-19-6-10-21(11-7-19)28-26(32)24-16-23(33-4)14-15-25(24)30(18-31)22-12-8-20(9-13-22)17-27-29(2)3/h1,6-18H,2-4H3,(H,28,32). The first-order valence-corrected chi connectivity index (χ1v) is 10.1. The average molecular weight is 441 g/mol. The summed E-state index contributed by atoms with van der Waals surface area (Å²) in [6.45, 7) is 0. The molecule has 0 heterocycles. The van der Waals surface area contributed by atoms with Crippen molar-refractivity contribution in [2.24, 2.45) is 5.10 Å². The summed E-state index contributed by atoms with van der Waals surface area (Å²) >= 11 is 0. The van der Waals surface area contributed by atoms with Crippen LogP contribution in [0.2, 0.25) is 0 Å². The Balaban J connectivity index is 1.94. The highest BCUT2D eigenvalue weighted by atomic mass is 16.5. The zero-order valence-corrected chi connectivity index (χ0v) is 18.6. The molecule has 0 unspecified atom stereocenters. The van der Waals surface area contributed by atoms with Gasteiger partial charge in [0.15, 0.2) is 0 Å². The summed E-state index contributed by atoms with van der Waals surface area (Å²) in [6, 6.07) is 19.1. The monoisotopic (exact) mass is 440 g/mol. The van der Waals surface area contributed by atoms with Crippen LogP contribution in [-0.2, 0) is 4.79 Å². The number of anilines is 3. The number of terminal acetylenes is 1. The third-order valence-corrected chi connectivity index (χ3v) is 4.73. The second kappa shape index (κ2) is 10.6. The molecule has 3 rings (SSSR count). The molecule has 166 valence electrons. The van der Waals surface area contributed by atoms with Gasteiger partial charge in [0.05, 0.1) is 24.6 Å². The van der Waals surface area contributed by atoms with Crippen molar-refractivity contribution in [3.8, 4) is 18.1 Å². The van der Waals surface area contributed by atoms with Crippen LogP contribution in [0.3, 0.4) is 0 Å². The highest BCUT2D eigenvalue weighted by Gasteiger charge is 2.19. The summed E-state index contributed by atoms with van der Waals surface area (Å²) in [5.41, 5.74) is 3.46. The van der Waals surface area contributed by atoms with Crippen LogP contribution in [0.5, 0.6) is 5.75 Å².